The first kappa shape index (κ1) is 13.4. The van der Waals surface area contributed by atoms with E-state index in [4.69, 9.17) is 9.57 Å². The van der Waals surface area contributed by atoms with Crippen LogP contribution in [0.15, 0.2) is 0 Å². The first-order chi connectivity index (χ1) is 9.16. The Morgan fingerprint density at radius 2 is 2.21 bits per heavy atom. The van der Waals surface area contributed by atoms with Crippen molar-refractivity contribution in [2.24, 2.45) is 5.92 Å². The molecule has 0 N–H and O–H groups in total. The molecule has 0 spiro atoms. The average molecular weight is 285 g/mol. The number of ether oxygens (including phenoxy) is 1. The number of hydroxylamine groups is 2. The number of rotatable bonds is 1. The summed E-state index contributed by atoms with van der Waals surface area (Å²) in [7, 11) is 0. The van der Waals surface area contributed by atoms with Gasteiger partial charge in [-0.3, -0.25) is 14.4 Å². The lowest BCUT2D eigenvalue weighted by Crippen LogP contribution is -2.40. The molecule has 3 fully saturated rings. The van der Waals surface area contributed by atoms with E-state index >= 15 is 0 Å². The van der Waals surface area contributed by atoms with Gasteiger partial charge in [0.1, 0.15) is 12.0 Å². The molecule has 0 aromatic rings. The zero-order valence-corrected chi connectivity index (χ0v) is 11.9. The second-order valence-corrected chi connectivity index (χ2v) is 6.82. The maximum Gasteiger partial charge on any atom is 0.313 e. The molecular formula is C13H19NO4S. The third-order valence-corrected chi connectivity index (χ3v) is 5.27. The van der Waals surface area contributed by atoms with Crippen LogP contribution in [-0.4, -0.2) is 46.7 Å². The van der Waals surface area contributed by atoms with Gasteiger partial charge in [0.2, 0.25) is 0 Å². The molecule has 3 saturated heterocycles. The number of nitrogens with zero attached hydrogens (tertiary/aromatic N) is 1. The highest BCUT2D eigenvalue weighted by atomic mass is 32.2. The van der Waals surface area contributed by atoms with Crippen LogP contribution in [0.25, 0.3) is 0 Å². The van der Waals surface area contributed by atoms with E-state index in [1.54, 1.807) is 6.92 Å². The van der Waals surface area contributed by atoms with E-state index in [-0.39, 0.29) is 34.4 Å². The van der Waals surface area contributed by atoms with Crippen molar-refractivity contribution in [1.82, 2.24) is 5.06 Å². The Bertz CT molecular complexity index is 389. The fourth-order valence-corrected chi connectivity index (χ4v) is 4.32. The lowest BCUT2D eigenvalue weighted by atomic mass is 9.88. The fraction of sp³-hybridized carbons (Fsp3) is 0.846. The lowest BCUT2D eigenvalue weighted by Gasteiger charge is -2.28. The molecule has 0 radical (unpaired) electrons. The molecule has 0 aromatic carbocycles. The second-order valence-electron chi connectivity index (χ2n) is 5.40. The molecular weight excluding hydrogens is 266 g/mol. The maximum atomic E-state index is 12.2. The third-order valence-electron chi connectivity index (χ3n) is 4.13. The van der Waals surface area contributed by atoms with Crippen molar-refractivity contribution in [3.8, 4) is 0 Å². The van der Waals surface area contributed by atoms with Gasteiger partial charge in [-0.15, -0.1) is 0 Å². The van der Waals surface area contributed by atoms with Crippen molar-refractivity contribution < 1.29 is 19.2 Å². The van der Waals surface area contributed by atoms with E-state index in [1.165, 1.54) is 11.8 Å². The van der Waals surface area contributed by atoms with Crippen molar-refractivity contribution in [2.75, 3.05) is 13.2 Å². The summed E-state index contributed by atoms with van der Waals surface area (Å²) in [5.74, 6) is -0.370. The second kappa shape index (κ2) is 5.42. The topological polar surface area (TPSA) is 55.8 Å². The van der Waals surface area contributed by atoms with Gasteiger partial charge in [0.25, 0.3) is 0 Å². The summed E-state index contributed by atoms with van der Waals surface area (Å²) in [4.78, 5) is 29.5. The Morgan fingerprint density at radius 3 is 3.00 bits per heavy atom. The largest absolute Gasteiger partial charge is 0.465 e. The summed E-state index contributed by atoms with van der Waals surface area (Å²) in [6, 6.07) is 0.138. The minimum absolute atomic E-state index is 0.0274. The Kier molecular flexibility index (Phi) is 3.82. The van der Waals surface area contributed by atoms with E-state index in [2.05, 4.69) is 0 Å². The number of fused-ring (bicyclic) bond motifs is 3. The smallest absolute Gasteiger partial charge is 0.313 e. The Morgan fingerprint density at radius 1 is 1.37 bits per heavy atom. The third kappa shape index (κ3) is 2.53. The molecule has 4 atom stereocenters. The van der Waals surface area contributed by atoms with Crippen molar-refractivity contribution in [1.29, 1.82) is 0 Å². The van der Waals surface area contributed by atoms with Gasteiger partial charge >= 0.3 is 5.97 Å². The van der Waals surface area contributed by atoms with Gasteiger partial charge in [0, 0.05) is 18.7 Å². The first-order valence-corrected chi connectivity index (χ1v) is 7.82. The van der Waals surface area contributed by atoms with Crippen LogP contribution in [-0.2, 0) is 19.2 Å². The summed E-state index contributed by atoms with van der Waals surface area (Å²) in [5.41, 5.74) is 0. The number of carbonyl (C=O) groups excluding carboxylic acids is 2. The monoisotopic (exact) mass is 285 g/mol. The number of hydrogen-bond acceptors (Lipinski definition) is 6. The van der Waals surface area contributed by atoms with Gasteiger partial charge in [-0.25, -0.2) is 0 Å². The molecule has 3 rings (SSSR count). The highest BCUT2D eigenvalue weighted by Gasteiger charge is 2.53. The van der Waals surface area contributed by atoms with E-state index < -0.39 is 0 Å². The molecule has 0 unspecified atom stereocenters. The number of thioether (sulfide) groups is 1. The molecule has 0 saturated carbocycles. The number of cyclic esters (lactones) is 1. The number of piperidine rings is 1. The van der Waals surface area contributed by atoms with Gasteiger partial charge in [0.05, 0.1) is 12.6 Å². The molecule has 3 aliphatic rings. The van der Waals surface area contributed by atoms with Crippen molar-refractivity contribution in [3.05, 3.63) is 0 Å². The predicted octanol–water partition coefficient (Wildman–Crippen LogP) is 1.37. The number of carbonyl (C=O) groups is 2. The number of hydrogen-bond donors (Lipinski definition) is 0. The quantitative estimate of drug-likeness (QED) is 0.678. The molecule has 0 bridgehead atoms. The number of esters is 1. The van der Waals surface area contributed by atoms with Crippen molar-refractivity contribution >= 4 is 22.8 Å². The van der Waals surface area contributed by atoms with Gasteiger partial charge in [-0.1, -0.05) is 18.2 Å². The molecule has 6 heteroatoms. The zero-order chi connectivity index (χ0) is 13.4. The molecule has 19 heavy (non-hydrogen) atoms. The standard InChI is InChI=1S/C13H19NO4S/c1-8(15)19-10-5-7-17-13(16)11-9-4-2-3-6-14(9)18-12(10)11/h9-12H,2-7H2,1H3/t9-,10+,11-,12-/m0/s1. The van der Waals surface area contributed by atoms with Crippen LogP contribution in [0.2, 0.25) is 0 Å². The van der Waals surface area contributed by atoms with Gasteiger partial charge < -0.3 is 4.74 Å². The van der Waals surface area contributed by atoms with Crippen LogP contribution in [0.5, 0.6) is 0 Å². The Hall–Kier alpha value is -0.590. The van der Waals surface area contributed by atoms with Crippen molar-refractivity contribution in [3.63, 3.8) is 0 Å². The van der Waals surface area contributed by atoms with Crippen LogP contribution in [0, 0.1) is 5.92 Å². The van der Waals surface area contributed by atoms with E-state index in [0.29, 0.717) is 13.0 Å². The summed E-state index contributed by atoms with van der Waals surface area (Å²) >= 11 is 1.29. The van der Waals surface area contributed by atoms with Crippen LogP contribution < -0.4 is 0 Å². The zero-order valence-electron chi connectivity index (χ0n) is 11.0. The molecule has 0 aromatic heterocycles. The molecule has 106 valence electrons. The Balaban J connectivity index is 1.83. The first-order valence-electron chi connectivity index (χ1n) is 6.94. The van der Waals surface area contributed by atoms with E-state index in [0.717, 1.165) is 25.8 Å². The SMILES string of the molecule is CC(=O)S[C@@H]1CCOC(=O)[C@@H]2[C@H]1ON1CCCC[C@@H]21. The van der Waals surface area contributed by atoms with E-state index in [1.807, 2.05) is 5.06 Å². The minimum Gasteiger partial charge on any atom is -0.465 e. The van der Waals surface area contributed by atoms with Crippen molar-refractivity contribution in [2.45, 2.75) is 50.0 Å². The van der Waals surface area contributed by atoms with Gasteiger partial charge in [-0.05, 0) is 19.3 Å². The summed E-state index contributed by atoms with van der Waals surface area (Å²) < 4.78 is 5.31. The highest BCUT2D eigenvalue weighted by molar-refractivity contribution is 8.14. The van der Waals surface area contributed by atoms with Gasteiger partial charge in [-0.2, -0.15) is 5.06 Å². The van der Waals surface area contributed by atoms with Gasteiger partial charge in [0.15, 0.2) is 5.12 Å². The summed E-state index contributed by atoms with van der Waals surface area (Å²) in [6.07, 6.45) is 3.71. The van der Waals surface area contributed by atoms with Crippen LogP contribution in [0.4, 0.5) is 0 Å². The Labute approximate surface area is 116 Å². The molecule has 0 amide bonds. The lowest BCUT2D eigenvalue weighted by molar-refractivity contribution is -0.171. The molecule has 5 nitrogen and oxygen atoms in total. The molecule has 3 heterocycles. The maximum absolute atomic E-state index is 12.2. The minimum atomic E-state index is -0.223. The van der Waals surface area contributed by atoms with Crippen LogP contribution in [0.3, 0.4) is 0 Å². The van der Waals surface area contributed by atoms with Crippen LogP contribution >= 0.6 is 11.8 Å². The van der Waals surface area contributed by atoms with E-state index in [9.17, 15) is 9.59 Å². The summed E-state index contributed by atoms with van der Waals surface area (Å²) in [6.45, 7) is 2.84. The average Bonchev–Trinajstić information content (AvgIpc) is 2.69. The molecule has 0 aliphatic carbocycles. The highest BCUT2D eigenvalue weighted by Crippen LogP contribution is 2.41. The van der Waals surface area contributed by atoms with Crippen LogP contribution in [0.1, 0.15) is 32.6 Å². The predicted molar refractivity (Wildman–Crippen MR) is 70.3 cm³/mol. The normalized spacial score (nSPS) is 39.1. The molecule has 3 aliphatic heterocycles. The fourth-order valence-electron chi connectivity index (χ4n) is 3.33. The summed E-state index contributed by atoms with van der Waals surface area (Å²) in [5, 5.41) is 2.06.